The van der Waals surface area contributed by atoms with Crippen LogP contribution in [0.3, 0.4) is 0 Å². The van der Waals surface area contributed by atoms with Crippen molar-refractivity contribution >= 4 is 51.2 Å². The Morgan fingerprint density at radius 3 is 2.69 bits per heavy atom. The number of nitrogens with zero attached hydrogens (tertiary/aromatic N) is 2. The number of halogens is 2. The fourth-order valence-electron chi connectivity index (χ4n) is 4.33. The lowest BCUT2D eigenvalue weighted by atomic mass is 10.1. The number of methoxy groups -OCH3 is 1. The number of benzene rings is 1. The molecule has 172 valence electrons. The molecule has 1 aliphatic heterocycles. The van der Waals surface area contributed by atoms with Crippen molar-refractivity contribution in [2.75, 3.05) is 38.6 Å². The number of esters is 1. The van der Waals surface area contributed by atoms with E-state index >= 15 is 0 Å². The topological polar surface area (TPSA) is 44.8 Å². The molecule has 0 radical (unpaired) electrons. The highest BCUT2D eigenvalue weighted by atomic mass is 35.5. The number of hydrogen-bond acceptors (Lipinski definition) is 5. The zero-order valence-corrected chi connectivity index (χ0v) is 20.5. The molecule has 5 nitrogen and oxygen atoms in total. The van der Waals surface area contributed by atoms with Gasteiger partial charge in [0, 0.05) is 37.6 Å². The number of carbonyl (C=O) groups excluding carboxylic acids is 1. The van der Waals surface area contributed by atoms with E-state index < -0.39 is 5.82 Å². The Hall–Kier alpha value is -1.74. The summed E-state index contributed by atoms with van der Waals surface area (Å²) >= 11 is 13.2. The number of nitrogens with one attached hydrogen (secondary N) is 1. The zero-order chi connectivity index (χ0) is 22.7. The lowest BCUT2D eigenvalue weighted by Crippen LogP contribution is -2.49. The highest BCUT2D eigenvalue weighted by Crippen LogP contribution is 2.38. The maximum atomic E-state index is 13.4. The molecule has 1 aliphatic carbocycles. The molecule has 0 amide bonds. The van der Waals surface area contributed by atoms with Crippen LogP contribution in [0.1, 0.15) is 45.6 Å². The van der Waals surface area contributed by atoms with E-state index in [2.05, 4.69) is 15.1 Å². The summed E-state index contributed by atoms with van der Waals surface area (Å²) in [4.78, 5) is 18.3. The second-order valence-electron chi connectivity index (χ2n) is 8.20. The van der Waals surface area contributed by atoms with Crippen molar-refractivity contribution in [2.45, 2.75) is 38.6 Å². The summed E-state index contributed by atoms with van der Waals surface area (Å²) in [6.45, 7) is 3.94. The van der Waals surface area contributed by atoms with E-state index in [1.165, 1.54) is 24.5 Å². The number of anilines is 1. The predicted octanol–water partition coefficient (Wildman–Crippen LogP) is 5.11. The van der Waals surface area contributed by atoms with Crippen LogP contribution in [0, 0.1) is 5.82 Å². The minimum Gasteiger partial charge on any atom is -0.465 e. The van der Waals surface area contributed by atoms with Gasteiger partial charge in [0.2, 0.25) is 0 Å². The van der Waals surface area contributed by atoms with Crippen LogP contribution in [0.15, 0.2) is 18.2 Å². The van der Waals surface area contributed by atoms with Gasteiger partial charge in [-0.25, -0.2) is 9.18 Å². The third kappa shape index (κ3) is 5.25. The maximum absolute atomic E-state index is 13.4. The minimum atomic E-state index is -0.395. The lowest BCUT2D eigenvalue weighted by molar-refractivity contribution is 0.0601. The summed E-state index contributed by atoms with van der Waals surface area (Å²) < 4.78 is 18.5. The Morgan fingerprint density at radius 2 is 1.97 bits per heavy atom. The zero-order valence-electron chi connectivity index (χ0n) is 18.1. The molecule has 2 aliphatic rings. The molecule has 1 N–H and O–H groups in total. The van der Waals surface area contributed by atoms with Crippen molar-refractivity contribution in [3.05, 3.63) is 50.6 Å². The van der Waals surface area contributed by atoms with Crippen LogP contribution in [0.2, 0.25) is 5.02 Å². The van der Waals surface area contributed by atoms with Gasteiger partial charge in [-0.3, -0.25) is 4.90 Å². The van der Waals surface area contributed by atoms with Gasteiger partial charge in [-0.05, 0) is 61.2 Å². The number of thiocarbonyl (C=S) groups is 1. The molecular formula is C23H27ClFN3O2S2. The third-order valence-corrected chi connectivity index (χ3v) is 7.94. The van der Waals surface area contributed by atoms with Crippen molar-refractivity contribution in [3.8, 4) is 0 Å². The number of rotatable bonds is 4. The first kappa shape index (κ1) is 23.4. The average Bonchev–Trinajstić information content (AvgIpc) is 2.96. The molecule has 32 heavy (non-hydrogen) atoms. The summed E-state index contributed by atoms with van der Waals surface area (Å²) in [5.41, 5.74) is 2.78. The summed E-state index contributed by atoms with van der Waals surface area (Å²) in [6, 6.07) is 4.87. The van der Waals surface area contributed by atoms with E-state index in [1.54, 1.807) is 23.5 Å². The van der Waals surface area contributed by atoms with Crippen LogP contribution in [0.5, 0.6) is 0 Å². The fraction of sp³-hybridized carbons (Fsp3) is 0.478. The lowest BCUT2D eigenvalue weighted by Gasteiger charge is -2.36. The number of hydrogen-bond donors (Lipinski definition) is 1. The quantitative estimate of drug-likeness (QED) is 0.361. The molecule has 1 saturated heterocycles. The Morgan fingerprint density at radius 1 is 1.22 bits per heavy atom. The van der Waals surface area contributed by atoms with Crippen LogP contribution in [0.25, 0.3) is 0 Å². The Balaban J connectivity index is 1.39. The molecule has 9 heteroatoms. The predicted molar refractivity (Wildman–Crippen MR) is 131 cm³/mol. The second kappa shape index (κ2) is 10.5. The van der Waals surface area contributed by atoms with Gasteiger partial charge in [0.05, 0.1) is 17.7 Å². The first-order valence-electron chi connectivity index (χ1n) is 10.9. The first-order valence-corrected chi connectivity index (χ1v) is 12.5. The molecule has 0 atom stereocenters. The van der Waals surface area contributed by atoms with Crippen molar-refractivity contribution in [2.24, 2.45) is 0 Å². The van der Waals surface area contributed by atoms with Gasteiger partial charge in [-0.2, -0.15) is 0 Å². The minimum absolute atomic E-state index is 0.155. The number of thiophene rings is 1. The second-order valence-corrected chi connectivity index (χ2v) is 10.1. The van der Waals surface area contributed by atoms with Gasteiger partial charge >= 0.3 is 5.97 Å². The number of piperazine rings is 1. The molecule has 2 heterocycles. The monoisotopic (exact) mass is 495 g/mol. The fourth-order valence-corrected chi connectivity index (χ4v) is 6.16. The van der Waals surface area contributed by atoms with Crippen LogP contribution in [-0.4, -0.2) is 54.2 Å². The standard InChI is InChI=1S/C23H27ClFN3O2S2/c1-30-22(29)20-16-5-3-2-4-6-19(16)32-21(20)26-23(31)28-11-9-27(10-12-28)14-15-7-8-18(25)17(24)13-15/h7-8,13H,2-6,9-12,14H2,1H3,(H,26,31). The molecule has 0 bridgehead atoms. The normalized spacial score (nSPS) is 16.9. The van der Waals surface area contributed by atoms with Gasteiger partial charge in [0.25, 0.3) is 0 Å². The molecule has 0 unspecified atom stereocenters. The van der Waals surface area contributed by atoms with Crippen LogP contribution < -0.4 is 5.32 Å². The van der Waals surface area contributed by atoms with Crippen LogP contribution in [0.4, 0.5) is 9.39 Å². The van der Waals surface area contributed by atoms with E-state index in [1.807, 2.05) is 0 Å². The van der Waals surface area contributed by atoms with Crippen molar-refractivity contribution in [1.82, 2.24) is 9.80 Å². The molecule has 4 rings (SSSR count). The van der Waals surface area contributed by atoms with E-state index in [9.17, 15) is 9.18 Å². The summed E-state index contributed by atoms with van der Waals surface area (Å²) in [6.07, 6.45) is 5.36. The molecule has 0 spiro atoms. The highest BCUT2D eigenvalue weighted by Gasteiger charge is 2.27. The number of fused-ring (bicyclic) bond motifs is 1. The summed E-state index contributed by atoms with van der Waals surface area (Å²) in [5, 5.41) is 4.94. The van der Waals surface area contributed by atoms with Crippen LogP contribution >= 0.6 is 35.2 Å². The van der Waals surface area contributed by atoms with Crippen molar-refractivity contribution in [3.63, 3.8) is 0 Å². The average molecular weight is 496 g/mol. The van der Waals surface area contributed by atoms with Gasteiger partial charge in [0.15, 0.2) is 5.11 Å². The summed E-state index contributed by atoms with van der Waals surface area (Å²) in [7, 11) is 1.43. The van der Waals surface area contributed by atoms with Gasteiger partial charge in [-0.1, -0.05) is 24.1 Å². The SMILES string of the molecule is COC(=O)c1c(NC(=S)N2CCN(Cc3ccc(F)c(Cl)c3)CC2)sc2c1CCCCC2. The molecule has 0 saturated carbocycles. The largest absolute Gasteiger partial charge is 0.465 e. The number of carbonyl (C=O) groups is 1. The summed E-state index contributed by atoms with van der Waals surface area (Å²) in [5.74, 6) is -0.689. The van der Waals surface area contributed by atoms with Crippen molar-refractivity contribution in [1.29, 1.82) is 0 Å². The first-order chi connectivity index (χ1) is 15.5. The van der Waals surface area contributed by atoms with E-state index in [-0.39, 0.29) is 11.0 Å². The Bertz CT molecular complexity index is 1010. The van der Waals surface area contributed by atoms with Crippen LogP contribution in [-0.2, 0) is 24.1 Å². The Labute approximate surface area is 202 Å². The molecule has 1 aromatic heterocycles. The number of aryl methyl sites for hydroxylation is 1. The van der Waals surface area contributed by atoms with E-state index in [4.69, 9.17) is 28.6 Å². The molecule has 1 fully saturated rings. The highest BCUT2D eigenvalue weighted by molar-refractivity contribution is 7.80. The van der Waals surface area contributed by atoms with E-state index in [0.29, 0.717) is 10.7 Å². The maximum Gasteiger partial charge on any atom is 0.341 e. The smallest absolute Gasteiger partial charge is 0.341 e. The van der Waals surface area contributed by atoms with Gasteiger partial charge in [-0.15, -0.1) is 11.3 Å². The molecular weight excluding hydrogens is 469 g/mol. The van der Waals surface area contributed by atoms with E-state index in [0.717, 1.165) is 74.5 Å². The van der Waals surface area contributed by atoms with Crippen molar-refractivity contribution < 1.29 is 13.9 Å². The molecule has 1 aromatic carbocycles. The molecule has 2 aromatic rings. The van der Waals surface area contributed by atoms with Gasteiger partial charge < -0.3 is 15.0 Å². The Kier molecular flexibility index (Phi) is 7.66. The van der Waals surface area contributed by atoms with Gasteiger partial charge in [0.1, 0.15) is 10.8 Å². The third-order valence-electron chi connectivity index (χ3n) is 6.08. The number of ether oxygens (including phenoxy) is 1.